The quantitative estimate of drug-likeness (QED) is 0.383. The van der Waals surface area contributed by atoms with Crippen LogP contribution < -0.4 is 4.74 Å². The first-order chi connectivity index (χ1) is 11.7. The standard InChI is InChI=1S/C16H11ClF4O3S/c1-23-15(22)11-4-2-3-9(14(11)18)8-24-13-6-5-10(7-12(13)17)25-16(19,20)21/h2-7H,8H2,1H3. The zero-order valence-corrected chi connectivity index (χ0v) is 14.3. The maximum absolute atomic E-state index is 14.2. The Morgan fingerprint density at radius 2 is 1.96 bits per heavy atom. The lowest BCUT2D eigenvalue weighted by molar-refractivity contribution is -0.0328. The van der Waals surface area contributed by atoms with Crippen molar-refractivity contribution in [3.63, 3.8) is 0 Å². The van der Waals surface area contributed by atoms with Gasteiger partial charge in [-0.2, -0.15) is 13.2 Å². The summed E-state index contributed by atoms with van der Waals surface area (Å²) in [7, 11) is 1.13. The summed E-state index contributed by atoms with van der Waals surface area (Å²) in [6, 6.07) is 7.69. The second kappa shape index (κ2) is 7.97. The van der Waals surface area contributed by atoms with Crippen LogP contribution in [0.25, 0.3) is 0 Å². The zero-order valence-electron chi connectivity index (χ0n) is 12.7. The van der Waals surface area contributed by atoms with Crippen molar-refractivity contribution in [3.05, 3.63) is 58.4 Å². The van der Waals surface area contributed by atoms with Crippen molar-refractivity contribution in [1.82, 2.24) is 0 Å². The van der Waals surface area contributed by atoms with E-state index in [1.807, 2.05) is 0 Å². The third-order valence-corrected chi connectivity index (χ3v) is 4.02. The number of hydrogen-bond acceptors (Lipinski definition) is 4. The minimum atomic E-state index is -4.43. The molecule has 0 aliphatic carbocycles. The average Bonchev–Trinajstić information content (AvgIpc) is 2.53. The van der Waals surface area contributed by atoms with Crippen LogP contribution in [0.3, 0.4) is 0 Å². The number of benzene rings is 2. The van der Waals surface area contributed by atoms with E-state index in [2.05, 4.69) is 4.74 Å². The molecule has 134 valence electrons. The maximum atomic E-state index is 14.2. The monoisotopic (exact) mass is 394 g/mol. The molecule has 0 N–H and O–H groups in total. The molecule has 0 spiro atoms. The van der Waals surface area contributed by atoms with Gasteiger partial charge in [-0.15, -0.1) is 0 Å². The van der Waals surface area contributed by atoms with Gasteiger partial charge in [0.2, 0.25) is 0 Å². The molecule has 0 saturated carbocycles. The molecule has 0 aliphatic rings. The number of esters is 1. The molecule has 0 heterocycles. The summed E-state index contributed by atoms with van der Waals surface area (Å²) in [5.74, 6) is -1.53. The van der Waals surface area contributed by atoms with Crippen molar-refractivity contribution in [2.45, 2.75) is 17.0 Å². The van der Waals surface area contributed by atoms with Crippen LogP contribution >= 0.6 is 23.4 Å². The molecule has 0 aromatic heterocycles. The fraction of sp³-hybridized carbons (Fsp3) is 0.188. The summed E-state index contributed by atoms with van der Waals surface area (Å²) in [6.45, 7) is -0.262. The molecule has 0 amide bonds. The molecule has 0 radical (unpaired) electrons. The summed E-state index contributed by atoms with van der Waals surface area (Å²) < 4.78 is 61.0. The van der Waals surface area contributed by atoms with Crippen LogP contribution in [0.1, 0.15) is 15.9 Å². The van der Waals surface area contributed by atoms with Crippen LogP contribution in [-0.4, -0.2) is 18.6 Å². The van der Waals surface area contributed by atoms with Gasteiger partial charge < -0.3 is 9.47 Å². The molecule has 25 heavy (non-hydrogen) atoms. The highest BCUT2D eigenvalue weighted by Gasteiger charge is 2.29. The van der Waals surface area contributed by atoms with Crippen LogP contribution in [0.15, 0.2) is 41.3 Å². The third-order valence-electron chi connectivity index (χ3n) is 3.00. The number of hydrogen-bond donors (Lipinski definition) is 0. The van der Waals surface area contributed by atoms with E-state index in [1.54, 1.807) is 0 Å². The number of halogens is 5. The molecule has 0 aliphatic heterocycles. The molecule has 0 bridgehead atoms. The Kier molecular flexibility index (Phi) is 6.18. The first-order valence-electron chi connectivity index (χ1n) is 6.75. The van der Waals surface area contributed by atoms with Crippen molar-refractivity contribution < 1.29 is 31.8 Å². The first-order valence-corrected chi connectivity index (χ1v) is 7.94. The normalized spacial score (nSPS) is 11.3. The van der Waals surface area contributed by atoms with E-state index < -0.39 is 17.3 Å². The lowest BCUT2D eigenvalue weighted by Gasteiger charge is -2.12. The first kappa shape index (κ1) is 19.4. The number of thioether (sulfide) groups is 1. The predicted octanol–water partition coefficient (Wildman–Crippen LogP) is 5.46. The smallest absolute Gasteiger partial charge is 0.446 e. The van der Waals surface area contributed by atoms with Crippen LogP contribution in [-0.2, 0) is 11.3 Å². The molecule has 0 saturated heterocycles. The van der Waals surface area contributed by atoms with Gasteiger partial charge in [-0.25, -0.2) is 9.18 Å². The van der Waals surface area contributed by atoms with E-state index in [0.717, 1.165) is 13.2 Å². The Labute approximate surface area is 149 Å². The molecule has 0 fully saturated rings. The Morgan fingerprint density at radius 3 is 2.56 bits per heavy atom. The second-order valence-electron chi connectivity index (χ2n) is 4.70. The van der Waals surface area contributed by atoms with Gasteiger partial charge in [0.25, 0.3) is 0 Å². The van der Waals surface area contributed by atoms with E-state index >= 15 is 0 Å². The predicted molar refractivity (Wildman–Crippen MR) is 85.4 cm³/mol. The molecule has 0 atom stereocenters. The minimum absolute atomic E-state index is 0.0428. The highest BCUT2D eigenvalue weighted by molar-refractivity contribution is 8.00. The molecule has 0 unspecified atom stereocenters. The van der Waals surface area contributed by atoms with Crippen LogP contribution in [0.2, 0.25) is 5.02 Å². The summed E-state index contributed by atoms with van der Waals surface area (Å²) in [5, 5.41) is -0.0428. The van der Waals surface area contributed by atoms with Gasteiger partial charge in [-0.3, -0.25) is 0 Å². The molecule has 2 aromatic carbocycles. The summed E-state index contributed by atoms with van der Waals surface area (Å²) in [6.07, 6.45) is 0. The van der Waals surface area contributed by atoms with Gasteiger partial charge in [-0.1, -0.05) is 23.7 Å². The number of carbonyl (C=O) groups is 1. The highest BCUT2D eigenvalue weighted by Crippen LogP contribution is 2.39. The Morgan fingerprint density at radius 1 is 1.24 bits per heavy atom. The van der Waals surface area contributed by atoms with Crippen molar-refractivity contribution >= 4 is 29.3 Å². The highest BCUT2D eigenvalue weighted by atomic mass is 35.5. The van der Waals surface area contributed by atoms with Crippen LogP contribution in [0.4, 0.5) is 17.6 Å². The number of methoxy groups -OCH3 is 1. The van der Waals surface area contributed by atoms with Gasteiger partial charge in [0.05, 0.1) is 17.7 Å². The minimum Gasteiger partial charge on any atom is -0.487 e. The number of alkyl halides is 3. The van der Waals surface area contributed by atoms with Crippen LogP contribution in [0.5, 0.6) is 5.75 Å². The van der Waals surface area contributed by atoms with Crippen molar-refractivity contribution in [3.8, 4) is 5.75 Å². The van der Waals surface area contributed by atoms with Crippen molar-refractivity contribution in [2.75, 3.05) is 7.11 Å². The maximum Gasteiger partial charge on any atom is 0.446 e. The van der Waals surface area contributed by atoms with Gasteiger partial charge >= 0.3 is 11.5 Å². The lowest BCUT2D eigenvalue weighted by atomic mass is 10.1. The van der Waals surface area contributed by atoms with Crippen molar-refractivity contribution in [1.29, 1.82) is 0 Å². The fourth-order valence-electron chi connectivity index (χ4n) is 1.91. The van der Waals surface area contributed by atoms with E-state index in [0.29, 0.717) is 0 Å². The summed E-state index contributed by atoms with van der Waals surface area (Å²) >= 11 is 5.59. The molecule has 9 heteroatoms. The van der Waals surface area contributed by atoms with E-state index in [9.17, 15) is 22.4 Å². The van der Waals surface area contributed by atoms with E-state index in [-0.39, 0.29) is 45.2 Å². The Hall–Kier alpha value is -1.93. The summed E-state index contributed by atoms with van der Waals surface area (Å²) in [5.41, 5.74) is -4.59. The Bertz CT molecular complexity index is 780. The van der Waals surface area contributed by atoms with E-state index in [1.165, 1.54) is 30.3 Å². The molecule has 2 aromatic rings. The molecule has 3 nitrogen and oxygen atoms in total. The summed E-state index contributed by atoms with van der Waals surface area (Å²) in [4.78, 5) is 11.4. The zero-order chi connectivity index (χ0) is 18.6. The van der Waals surface area contributed by atoms with Crippen LogP contribution in [0, 0.1) is 5.82 Å². The van der Waals surface area contributed by atoms with Gasteiger partial charge in [-0.05, 0) is 36.0 Å². The molecular weight excluding hydrogens is 384 g/mol. The number of rotatable bonds is 5. The fourth-order valence-corrected chi connectivity index (χ4v) is 2.79. The van der Waals surface area contributed by atoms with Gasteiger partial charge in [0, 0.05) is 10.5 Å². The van der Waals surface area contributed by atoms with Crippen molar-refractivity contribution in [2.24, 2.45) is 0 Å². The van der Waals surface area contributed by atoms with Gasteiger partial charge in [0.1, 0.15) is 18.2 Å². The topological polar surface area (TPSA) is 35.5 Å². The SMILES string of the molecule is COC(=O)c1cccc(COc2ccc(SC(F)(F)F)cc2Cl)c1F. The Balaban J connectivity index is 2.13. The number of ether oxygens (including phenoxy) is 2. The average molecular weight is 395 g/mol. The van der Waals surface area contributed by atoms with E-state index in [4.69, 9.17) is 16.3 Å². The largest absolute Gasteiger partial charge is 0.487 e. The van der Waals surface area contributed by atoms with Gasteiger partial charge in [0.15, 0.2) is 0 Å². The second-order valence-corrected chi connectivity index (χ2v) is 6.24. The number of carbonyl (C=O) groups excluding carboxylic acids is 1. The lowest BCUT2D eigenvalue weighted by Crippen LogP contribution is -2.08. The molecule has 2 rings (SSSR count). The molecular formula is C16H11ClF4O3S. The third kappa shape index (κ3) is 5.27.